The largest absolute Gasteiger partial charge is 0.480 e. The van der Waals surface area contributed by atoms with Gasteiger partial charge in [-0.3, -0.25) is 14.2 Å². The first-order valence-electron chi connectivity index (χ1n) is 6.01. The Morgan fingerprint density at radius 3 is 2.67 bits per heavy atom. The molecule has 0 aliphatic rings. The van der Waals surface area contributed by atoms with Gasteiger partial charge in [0.2, 0.25) is 10.0 Å². The molecule has 0 fully saturated rings. The smallest absolute Gasteiger partial charge is 0.325 e. The molecular formula is C11H15N5O4S. The number of rotatable bonds is 6. The van der Waals surface area contributed by atoms with Crippen LogP contribution < -0.4 is 4.72 Å². The van der Waals surface area contributed by atoms with Crippen LogP contribution >= 0.6 is 0 Å². The summed E-state index contributed by atoms with van der Waals surface area (Å²) in [5.41, 5.74) is 1.62. The molecule has 2 N–H and O–H groups in total. The van der Waals surface area contributed by atoms with Gasteiger partial charge in [-0.1, -0.05) is 0 Å². The van der Waals surface area contributed by atoms with Crippen molar-refractivity contribution >= 4 is 16.0 Å². The third-order valence-corrected chi connectivity index (χ3v) is 4.36. The van der Waals surface area contributed by atoms with Gasteiger partial charge >= 0.3 is 5.97 Å². The highest BCUT2D eigenvalue weighted by Crippen LogP contribution is 2.10. The Bertz CT molecular complexity index is 761. The van der Waals surface area contributed by atoms with E-state index in [-0.39, 0.29) is 11.4 Å². The summed E-state index contributed by atoms with van der Waals surface area (Å²) < 4.78 is 29.3. The fourth-order valence-electron chi connectivity index (χ4n) is 1.68. The molecule has 10 heteroatoms. The molecule has 2 rings (SSSR count). The van der Waals surface area contributed by atoms with E-state index in [2.05, 4.69) is 14.9 Å². The molecule has 0 spiro atoms. The van der Waals surface area contributed by atoms with Gasteiger partial charge in [0.15, 0.2) is 0 Å². The summed E-state index contributed by atoms with van der Waals surface area (Å²) in [6.45, 7) is 1.55. The molecule has 0 saturated heterocycles. The van der Waals surface area contributed by atoms with Crippen molar-refractivity contribution in [2.24, 2.45) is 7.05 Å². The number of hydrogen-bond acceptors (Lipinski definition) is 5. The van der Waals surface area contributed by atoms with E-state index in [0.717, 1.165) is 22.1 Å². The number of carboxylic acids is 1. The number of aryl methyl sites for hydroxylation is 1. The monoisotopic (exact) mass is 313 g/mol. The van der Waals surface area contributed by atoms with Crippen LogP contribution in [0.15, 0.2) is 23.5 Å². The summed E-state index contributed by atoms with van der Waals surface area (Å²) in [7, 11) is -1.98. The minimum absolute atomic E-state index is 0.0784. The standard InChI is InChI=1S/C11H15N5O4S/c1-8-9(3-12-15(8)2)4-14-21(19,20)10-5-13-16(6-10)7-11(17)18/h3,5-6,14H,4,7H2,1-2H3,(H,17,18). The van der Waals surface area contributed by atoms with Crippen molar-refractivity contribution in [1.29, 1.82) is 0 Å². The average molecular weight is 313 g/mol. The molecule has 9 nitrogen and oxygen atoms in total. The molecule has 0 aliphatic carbocycles. The number of sulfonamides is 1. The molecular weight excluding hydrogens is 298 g/mol. The van der Waals surface area contributed by atoms with Gasteiger partial charge in [-0.05, 0) is 6.92 Å². The zero-order valence-corrected chi connectivity index (χ0v) is 12.3. The van der Waals surface area contributed by atoms with Crippen LogP contribution in [0.3, 0.4) is 0 Å². The minimum Gasteiger partial charge on any atom is -0.480 e. The normalized spacial score (nSPS) is 11.7. The van der Waals surface area contributed by atoms with Crippen LogP contribution in [0.5, 0.6) is 0 Å². The number of nitrogens with zero attached hydrogens (tertiary/aromatic N) is 4. The van der Waals surface area contributed by atoms with E-state index in [0.29, 0.717) is 0 Å². The van der Waals surface area contributed by atoms with E-state index >= 15 is 0 Å². The van der Waals surface area contributed by atoms with Crippen molar-refractivity contribution in [3.63, 3.8) is 0 Å². The zero-order valence-electron chi connectivity index (χ0n) is 11.5. The summed E-state index contributed by atoms with van der Waals surface area (Å²) in [5, 5.41) is 16.4. The van der Waals surface area contributed by atoms with Gasteiger partial charge in [-0.2, -0.15) is 10.2 Å². The van der Waals surface area contributed by atoms with E-state index in [1.54, 1.807) is 17.9 Å². The molecule has 2 aromatic heterocycles. The van der Waals surface area contributed by atoms with Crippen molar-refractivity contribution < 1.29 is 18.3 Å². The molecule has 114 valence electrons. The molecule has 0 amide bonds. The highest BCUT2D eigenvalue weighted by atomic mass is 32.2. The highest BCUT2D eigenvalue weighted by molar-refractivity contribution is 7.89. The Morgan fingerprint density at radius 2 is 2.10 bits per heavy atom. The molecule has 2 heterocycles. The van der Waals surface area contributed by atoms with Crippen LogP contribution in [0.4, 0.5) is 0 Å². The second-order valence-corrected chi connectivity index (χ2v) is 6.24. The second-order valence-electron chi connectivity index (χ2n) is 4.47. The molecule has 2 aromatic rings. The van der Waals surface area contributed by atoms with Crippen LogP contribution in [0.1, 0.15) is 11.3 Å². The summed E-state index contributed by atoms with van der Waals surface area (Å²) in [6.07, 6.45) is 3.87. The van der Waals surface area contributed by atoms with Gasteiger partial charge in [0.05, 0.1) is 12.4 Å². The van der Waals surface area contributed by atoms with Gasteiger partial charge in [0.25, 0.3) is 0 Å². The quantitative estimate of drug-likeness (QED) is 0.741. The molecule has 0 aliphatic heterocycles. The first-order chi connectivity index (χ1) is 9.79. The van der Waals surface area contributed by atoms with Gasteiger partial charge in [0.1, 0.15) is 11.4 Å². The Kier molecular flexibility index (Phi) is 4.09. The van der Waals surface area contributed by atoms with E-state index in [4.69, 9.17) is 5.11 Å². The van der Waals surface area contributed by atoms with Gasteiger partial charge in [0, 0.05) is 31.0 Å². The number of carboxylic acid groups (broad SMARTS) is 1. The third-order valence-electron chi connectivity index (χ3n) is 3.01. The third kappa shape index (κ3) is 3.47. The summed E-state index contributed by atoms with van der Waals surface area (Å²) >= 11 is 0. The molecule has 0 atom stereocenters. The van der Waals surface area contributed by atoms with Gasteiger partial charge in [-0.15, -0.1) is 0 Å². The van der Waals surface area contributed by atoms with Gasteiger partial charge in [-0.25, -0.2) is 13.1 Å². The lowest BCUT2D eigenvalue weighted by molar-refractivity contribution is -0.137. The number of carbonyl (C=O) groups is 1. The van der Waals surface area contributed by atoms with Crippen molar-refractivity contribution in [2.45, 2.75) is 24.9 Å². The maximum absolute atomic E-state index is 12.1. The Labute approximate surface area is 121 Å². The summed E-state index contributed by atoms with van der Waals surface area (Å²) in [6, 6.07) is 0. The lowest BCUT2D eigenvalue weighted by Crippen LogP contribution is -2.23. The van der Waals surface area contributed by atoms with E-state index in [1.807, 2.05) is 6.92 Å². The van der Waals surface area contributed by atoms with E-state index in [1.165, 1.54) is 6.20 Å². The first kappa shape index (κ1) is 15.2. The van der Waals surface area contributed by atoms with Crippen molar-refractivity contribution in [2.75, 3.05) is 0 Å². The summed E-state index contributed by atoms with van der Waals surface area (Å²) in [4.78, 5) is 10.5. The fraction of sp³-hybridized carbons (Fsp3) is 0.364. The molecule has 0 radical (unpaired) electrons. The predicted octanol–water partition coefficient (Wildman–Crippen LogP) is -0.512. The molecule has 0 saturated carbocycles. The molecule has 0 aromatic carbocycles. The highest BCUT2D eigenvalue weighted by Gasteiger charge is 2.17. The molecule has 0 unspecified atom stereocenters. The number of aliphatic carboxylic acids is 1. The zero-order chi connectivity index (χ0) is 15.6. The van der Waals surface area contributed by atoms with Crippen molar-refractivity contribution in [1.82, 2.24) is 24.3 Å². The fourth-order valence-corrected chi connectivity index (χ4v) is 2.64. The van der Waals surface area contributed by atoms with Crippen LogP contribution in [-0.2, 0) is 35.0 Å². The van der Waals surface area contributed by atoms with Crippen molar-refractivity contribution in [3.05, 3.63) is 29.8 Å². The Morgan fingerprint density at radius 1 is 1.38 bits per heavy atom. The summed E-state index contributed by atoms with van der Waals surface area (Å²) in [5.74, 6) is -1.10. The Balaban J connectivity index is 2.09. The molecule has 0 bridgehead atoms. The lowest BCUT2D eigenvalue weighted by Gasteiger charge is -2.04. The minimum atomic E-state index is -3.74. The first-order valence-corrected chi connectivity index (χ1v) is 7.49. The van der Waals surface area contributed by atoms with Gasteiger partial charge < -0.3 is 5.11 Å². The van der Waals surface area contributed by atoms with Crippen LogP contribution in [0, 0.1) is 6.92 Å². The number of hydrogen-bond donors (Lipinski definition) is 2. The SMILES string of the molecule is Cc1c(CNS(=O)(=O)c2cnn(CC(=O)O)c2)cnn1C. The number of nitrogens with one attached hydrogen (secondary N) is 1. The second kappa shape index (κ2) is 5.66. The molecule has 21 heavy (non-hydrogen) atoms. The Hall–Kier alpha value is -2.20. The van der Waals surface area contributed by atoms with Crippen molar-refractivity contribution in [3.8, 4) is 0 Å². The van der Waals surface area contributed by atoms with E-state index < -0.39 is 22.5 Å². The van der Waals surface area contributed by atoms with Crippen LogP contribution in [0.2, 0.25) is 0 Å². The van der Waals surface area contributed by atoms with Crippen LogP contribution in [0.25, 0.3) is 0 Å². The predicted molar refractivity (Wildman–Crippen MR) is 71.8 cm³/mol. The average Bonchev–Trinajstić information content (AvgIpc) is 2.97. The topological polar surface area (TPSA) is 119 Å². The maximum atomic E-state index is 12.1. The maximum Gasteiger partial charge on any atom is 0.325 e. The van der Waals surface area contributed by atoms with Crippen LogP contribution in [-0.4, -0.2) is 39.1 Å². The van der Waals surface area contributed by atoms with E-state index in [9.17, 15) is 13.2 Å². The lowest BCUT2D eigenvalue weighted by atomic mass is 10.3. The number of aromatic nitrogens is 4.